The van der Waals surface area contributed by atoms with Gasteiger partial charge >= 0.3 is 7.48 Å². The quantitative estimate of drug-likeness (QED) is 0.683. The zero-order valence-electron chi connectivity index (χ0n) is 16.2. The van der Waals surface area contributed by atoms with Crippen molar-refractivity contribution < 1.29 is 9.76 Å². The molecule has 0 fully saturated rings. The van der Waals surface area contributed by atoms with E-state index in [-0.39, 0.29) is 0 Å². The Morgan fingerprint density at radius 1 is 0.741 bits per heavy atom. The maximum Gasteiger partial charge on any atom is 0.330 e. The Labute approximate surface area is 161 Å². The molecule has 0 unspecified atom stereocenters. The van der Waals surface area contributed by atoms with Crippen molar-refractivity contribution >= 4 is 12.9 Å². The first-order chi connectivity index (χ1) is 12.8. The fourth-order valence-electron chi connectivity index (χ4n) is 2.34. The van der Waals surface area contributed by atoms with Crippen LogP contribution in [0.5, 0.6) is 0 Å². The summed E-state index contributed by atoms with van der Waals surface area (Å²) in [4.78, 5) is 0. The van der Waals surface area contributed by atoms with Gasteiger partial charge in [-0.3, -0.25) is 0 Å². The third kappa shape index (κ3) is 4.62. The zero-order valence-corrected chi connectivity index (χ0v) is 16.2. The molecule has 3 aromatic rings. The summed E-state index contributed by atoms with van der Waals surface area (Å²) in [6.45, 7) is 7.20. The second-order valence-corrected chi connectivity index (χ2v) is 7.60. The van der Waals surface area contributed by atoms with Crippen LogP contribution >= 0.6 is 0 Å². The van der Waals surface area contributed by atoms with Crippen molar-refractivity contribution in [1.82, 2.24) is 10.2 Å². The Hall–Kier alpha value is -2.50. The van der Waals surface area contributed by atoms with Gasteiger partial charge in [0.1, 0.15) is 0 Å². The summed E-state index contributed by atoms with van der Waals surface area (Å²) in [6.07, 6.45) is 0. The van der Waals surface area contributed by atoms with Gasteiger partial charge in [0.15, 0.2) is 0 Å². The third-order valence-electron chi connectivity index (χ3n) is 4.90. The van der Waals surface area contributed by atoms with Crippen molar-refractivity contribution in [3.05, 3.63) is 66.7 Å². The van der Waals surface area contributed by atoms with Gasteiger partial charge in [-0.15, -0.1) is 10.2 Å². The van der Waals surface area contributed by atoms with Crippen molar-refractivity contribution in [2.75, 3.05) is 0 Å². The van der Waals surface area contributed by atoms with E-state index in [2.05, 4.69) is 10.2 Å². The van der Waals surface area contributed by atoms with Gasteiger partial charge in [-0.2, -0.15) is 0 Å². The molecule has 1 N–H and O–H groups in total. The van der Waals surface area contributed by atoms with E-state index in [1.807, 2.05) is 80.6 Å². The summed E-state index contributed by atoms with van der Waals surface area (Å²) in [5.41, 5.74) is 2.99. The molecule has 1 radical (unpaired) electrons. The molecule has 5 heteroatoms. The highest BCUT2D eigenvalue weighted by Gasteiger charge is 2.35. The van der Waals surface area contributed by atoms with Gasteiger partial charge in [0, 0.05) is 11.1 Å². The molecule has 0 saturated carbocycles. The number of aromatic nitrogens is 2. The SMILES string of the molecule is CC(C)(O)C(C)(C)O[B]c1ccc(-c2ccc(-c3ccccc3)nn2)cc1. The number of rotatable bonds is 6. The van der Waals surface area contributed by atoms with E-state index >= 15 is 0 Å². The van der Waals surface area contributed by atoms with E-state index < -0.39 is 11.2 Å². The first kappa shape index (κ1) is 19.3. The normalized spacial score (nSPS) is 12.0. The van der Waals surface area contributed by atoms with E-state index in [4.69, 9.17) is 4.65 Å². The zero-order chi connectivity index (χ0) is 19.5. The van der Waals surface area contributed by atoms with Gasteiger partial charge in [0.2, 0.25) is 0 Å². The van der Waals surface area contributed by atoms with Gasteiger partial charge in [-0.05, 0) is 39.8 Å². The molecule has 4 nitrogen and oxygen atoms in total. The molecule has 0 saturated heterocycles. The van der Waals surface area contributed by atoms with Crippen LogP contribution in [0.4, 0.5) is 0 Å². The van der Waals surface area contributed by atoms with Crippen molar-refractivity contribution in [1.29, 1.82) is 0 Å². The van der Waals surface area contributed by atoms with Crippen LogP contribution in [0.1, 0.15) is 27.7 Å². The van der Waals surface area contributed by atoms with Crippen LogP contribution in [0.3, 0.4) is 0 Å². The van der Waals surface area contributed by atoms with Crippen molar-refractivity contribution in [3.8, 4) is 22.5 Å². The predicted molar refractivity (Wildman–Crippen MR) is 110 cm³/mol. The molecule has 0 aliphatic carbocycles. The first-order valence-corrected chi connectivity index (χ1v) is 8.99. The average molecular weight is 359 g/mol. The maximum atomic E-state index is 10.2. The standard InChI is InChI=1S/C22H24BN2O2/c1-21(2,26)22(3,4)27-23-18-12-10-17(11-13-18)20-15-14-19(24-25-20)16-8-6-5-7-9-16/h5-15,26H,1-4H3. The van der Waals surface area contributed by atoms with Gasteiger partial charge in [-0.1, -0.05) is 60.1 Å². The molecule has 0 aliphatic rings. The van der Waals surface area contributed by atoms with E-state index in [0.717, 1.165) is 28.0 Å². The Bertz CT molecular complexity index is 871. The van der Waals surface area contributed by atoms with Crippen LogP contribution < -0.4 is 5.46 Å². The Morgan fingerprint density at radius 3 is 1.74 bits per heavy atom. The minimum Gasteiger partial charge on any atom is -0.427 e. The fraction of sp³-hybridized carbons (Fsp3) is 0.273. The summed E-state index contributed by atoms with van der Waals surface area (Å²) in [5.74, 6) is 0. The number of hydrogen-bond donors (Lipinski definition) is 1. The van der Waals surface area contributed by atoms with Crippen molar-refractivity contribution in [3.63, 3.8) is 0 Å². The Kier molecular flexibility index (Phi) is 5.44. The molecule has 27 heavy (non-hydrogen) atoms. The summed E-state index contributed by atoms with van der Waals surface area (Å²) in [6, 6.07) is 21.8. The van der Waals surface area contributed by atoms with Gasteiger partial charge < -0.3 is 9.76 Å². The minimum absolute atomic E-state index is 0.690. The lowest BCUT2D eigenvalue weighted by atomic mass is 9.82. The van der Waals surface area contributed by atoms with Crippen LogP contribution in [-0.4, -0.2) is 34.0 Å². The molecule has 0 amide bonds. The van der Waals surface area contributed by atoms with Gasteiger partial charge in [-0.25, -0.2) is 0 Å². The first-order valence-electron chi connectivity index (χ1n) is 8.99. The minimum atomic E-state index is -0.945. The molecule has 3 rings (SSSR count). The molecule has 0 atom stereocenters. The van der Waals surface area contributed by atoms with Crippen LogP contribution in [0.25, 0.3) is 22.5 Å². The smallest absolute Gasteiger partial charge is 0.330 e. The van der Waals surface area contributed by atoms with E-state index in [1.165, 1.54) is 0 Å². The lowest BCUT2D eigenvalue weighted by Gasteiger charge is -2.37. The lowest BCUT2D eigenvalue weighted by molar-refractivity contribution is -0.0893. The Morgan fingerprint density at radius 2 is 1.26 bits per heavy atom. The van der Waals surface area contributed by atoms with Crippen molar-refractivity contribution in [2.45, 2.75) is 38.9 Å². The summed E-state index contributed by atoms with van der Waals surface area (Å²) in [5, 5.41) is 18.8. The molecule has 1 aromatic heterocycles. The van der Waals surface area contributed by atoms with E-state index in [9.17, 15) is 5.11 Å². The number of hydrogen-bond acceptors (Lipinski definition) is 4. The molecule has 2 aromatic carbocycles. The summed E-state index contributed by atoms with van der Waals surface area (Å²) >= 11 is 0. The molecule has 1 heterocycles. The van der Waals surface area contributed by atoms with Crippen molar-refractivity contribution in [2.24, 2.45) is 0 Å². The predicted octanol–water partition coefficient (Wildman–Crippen LogP) is 3.62. The highest BCUT2D eigenvalue weighted by atomic mass is 16.5. The van der Waals surface area contributed by atoms with E-state index in [0.29, 0.717) is 0 Å². The summed E-state index contributed by atoms with van der Waals surface area (Å²) < 4.78 is 5.79. The monoisotopic (exact) mass is 359 g/mol. The highest BCUT2D eigenvalue weighted by Crippen LogP contribution is 2.24. The van der Waals surface area contributed by atoms with Crippen LogP contribution in [0.2, 0.25) is 0 Å². The molecule has 0 aliphatic heterocycles. The molecular formula is C22H24BN2O2. The average Bonchev–Trinajstić information content (AvgIpc) is 2.67. The largest absolute Gasteiger partial charge is 0.427 e. The molecule has 0 spiro atoms. The maximum absolute atomic E-state index is 10.2. The highest BCUT2D eigenvalue weighted by molar-refractivity contribution is 6.47. The second kappa shape index (κ2) is 7.63. The van der Waals surface area contributed by atoms with Crippen LogP contribution in [-0.2, 0) is 4.65 Å². The van der Waals surface area contributed by atoms with Gasteiger partial charge in [0.25, 0.3) is 0 Å². The fourth-order valence-corrected chi connectivity index (χ4v) is 2.34. The topological polar surface area (TPSA) is 55.2 Å². The van der Waals surface area contributed by atoms with Gasteiger partial charge in [0.05, 0.1) is 22.6 Å². The Balaban J connectivity index is 1.69. The number of aliphatic hydroxyl groups is 1. The van der Waals surface area contributed by atoms with Crippen LogP contribution in [0, 0.1) is 0 Å². The third-order valence-corrected chi connectivity index (χ3v) is 4.90. The summed E-state index contributed by atoms with van der Waals surface area (Å²) in [7, 11) is 1.67. The van der Waals surface area contributed by atoms with Crippen LogP contribution in [0.15, 0.2) is 66.7 Å². The number of nitrogens with zero attached hydrogens (tertiary/aromatic N) is 2. The molecular weight excluding hydrogens is 335 g/mol. The lowest BCUT2D eigenvalue weighted by Crippen LogP contribution is -2.49. The molecule has 0 bridgehead atoms. The second-order valence-electron chi connectivity index (χ2n) is 7.60. The van der Waals surface area contributed by atoms with E-state index in [1.54, 1.807) is 21.3 Å². The number of benzene rings is 2. The molecule has 137 valence electrons.